The van der Waals surface area contributed by atoms with E-state index in [4.69, 9.17) is 0 Å². The zero-order valence-electron chi connectivity index (χ0n) is 15.1. The Hall–Kier alpha value is -1.93. The van der Waals surface area contributed by atoms with Crippen molar-refractivity contribution in [3.63, 3.8) is 0 Å². The molecule has 1 aromatic rings. The van der Waals surface area contributed by atoms with Gasteiger partial charge in [-0.05, 0) is 42.9 Å². The molecule has 3 rings (SSSR count). The van der Waals surface area contributed by atoms with E-state index >= 15 is 0 Å². The zero-order chi connectivity index (χ0) is 18.9. The second-order valence-electron chi connectivity index (χ2n) is 7.30. The van der Waals surface area contributed by atoms with E-state index < -0.39 is 10.0 Å². The molecular formula is C18H25N3O4S. The summed E-state index contributed by atoms with van der Waals surface area (Å²) in [6, 6.07) is 5.77. The first-order valence-electron chi connectivity index (χ1n) is 9.00. The van der Waals surface area contributed by atoms with Crippen molar-refractivity contribution in [2.75, 3.05) is 13.1 Å². The highest BCUT2D eigenvalue weighted by Gasteiger charge is 2.45. The van der Waals surface area contributed by atoms with Crippen LogP contribution in [-0.4, -0.2) is 49.3 Å². The largest absolute Gasteiger partial charge is 0.327 e. The normalized spacial score (nSPS) is 20.8. The SMILES string of the molecule is CC(C)CNS(=O)(=O)c1ccc(CN2C(=O)C3CCCCN3C2=O)cc1. The van der Waals surface area contributed by atoms with E-state index in [1.165, 1.54) is 17.0 Å². The molecule has 7 nitrogen and oxygen atoms in total. The average molecular weight is 379 g/mol. The van der Waals surface area contributed by atoms with Crippen LogP contribution in [0.4, 0.5) is 4.79 Å². The van der Waals surface area contributed by atoms with E-state index in [2.05, 4.69) is 4.72 Å². The molecule has 2 aliphatic rings. The Balaban J connectivity index is 1.70. The molecule has 1 atom stereocenters. The standard InChI is InChI=1S/C18H25N3O4S/c1-13(2)11-19-26(24,25)15-8-6-14(7-9-15)12-21-17(22)16-5-3-4-10-20(16)18(21)23/h6-9,13,16,19H,3-5,10-12H2,1-2H3. The lowest BCUT2D eigenvalue weighted by atomic mass is 10.0. The number of carbonyl (C=O) groups excluding carboxylic acids is 2. The Morgan fingerprint density at radius 3 is 2.46 bits per heavy atom. The summed E-state index contributed by atoms with van der Waals surface area (Å²) < 4.78 is 27.0. The number of piperidine rings is 1. The number of hydrogen-bond donors (Lipinski definition) is 1. The van der Waals surface area contributed by atoms with Gasteiger partial charge in [0.25, 0.3) is 5.91 Å². The molecule has 0 aromatic heterocycles. The predicted molar refractivity (Wildman–Crippen MR) is 96.8 cm³/mol. The number of imide groups is 1. The second-order valence-corrected chi connectivity index (χ2v) is 9.07. The minimum absolute atomic E-state index is 0.148. The van der Waals surface area contributed by atoms with E-state index in [1.54, 1.807) is 17.0 Å². The number of rotatable bonds is 6. The molecule has 1 N–H and O–H groups in total. The topological polar surface area (TPSA) is 86.8 Å². The maximum absolute atomic E-state index is 12.5. The van der Waals surface area contributed by atoms with Gasteiger partial charge in [-0.2, -0.15) is 0 Å². The van der Waals surface area contributed by atoms with Crippen LogP contribution in [0.2, 0.25) is 0 Å². The van der Waals surface area contributed by atoms with Crippen LogP contribution in [0.5, 0.6) is 0 Å². The van der Waals surface area contributed by atoms with Gasteiger partial charge in [0.05, 0.1) is 11.4 Å². The van der Waals surface area contributed by atoms with E-state index in [-0.39, 0.29) is 35.3 Å². The summed E-state index contributed by atoms with van der Waals surface area (Å²) >= 11 is 0. The highest BCUT2D eigenvalue weighted by molar-refractivity contribution is 7.89. The fourth-order valence-corrected chi connectivity index (χ4v) is 4.52. The molecule has 1 aromatic carbocycles. The number of amides is 3. The fourth-order valence-electron chi connectivity index (χ4n) is 3.31. The molecule has 2 heterocycles. The number of benzene rings is 1. The summed E-state index contributed by atoms with van der Waals surface area (Å²) in [5.41, 5.74) is 0.731. The molecule has 2 aliphatic heterocycles. The van der Waals surface area contributed by atoms with E-state index in [1.807, 2.05) is 13.8 Å². The van der Waals surface area contributed by atoms with Crippen LogP contribution >= 0.6 is 0 Å². The molecule has 2 saturated heterocycles. The predicted octanol–water partition coefficient (Wildman–Crippen LogP) is 1.94. The van der Waals surface area contributed by atoms with Gasteiger partial charge in [-0.25, -0.2) is 17.9 Å². The van der Waals surface area contributed by atoms with Gasteiger partial charge in [-0.1, -0.05) is 26.0 Å². The molecule has 0 spiro atoms. The fraction of sp³-hybridized carbons (Fsp3) is 0.556. The molecule has 8 heteroatoms. The van der Waals surface area contributed by atoms with Crippen molar-refractivity contribution in [2.45, 2.75) is 50.6 Å². The van der Waals surface area contributed by atoms with Crippen LogP contribution in [0.1, 0.15) is 38.7 Å². The summed E-state index contributed by atoms with van der Waals surface area (Å²) in [5.74, 6) is 0.0692. The monoisotopic (exact) mass is 379 g/mol. The molecule has 0 bridgehead atoms. The lowest BCUT2D eigenvalue weighted by molar-refractivity contribution is -0.129. The van der Waals surface area contributed by atoms with Gasteiger partial charge < -0.3 is 4.90 Å². The maximum atomic E-state index is 12.5. The highest BCUT2D eigenvalue weighted by atomic mass is 32.2. The first-order valence-corrected chi connectivity index (χ1v) is 10.5. The van der Waals surface area contributed by atoms with Crippen molar-refractivity contribution < 1.29 is 18.0 Å². The number of nitrogens with one attached hydrogen (secondary N) is 1. The van der Waals surface area contributed by atoms with Crippen molar-refractivity contribution in [1.82, 2.24) is 14.5 Å². The van der Waals surface area contributed by atoms with Crippen molar-refractivity contribution in [2.24, 2.45) is 5.92 Å². The van der Waals surface area contributed by atoms with Crippen LogP contribution in [0.15, 0.2) is 29.2 Å². The molecule has 0 aliphatic carbocycles. The van der Waals surface area contributed by atoms with Crippen molar-refractivity contribution in [3.05, 3.63) is 29.8 Å². The van der Waals surface area contributed by atoms with Crippen LogP contribution in [0.25, 0.3) is 0 Å². The minimum Gasteiger partial charge on any atom is -0.312 e. The van der Waals surface area contributed by atoms with Crippen LogP contribution in [0.3, 0.4) is 0 Å². The Morgan fingerprint density at radius 1 is 1.15 bits per heavy atom. The summed E-state index contributed by atoms with van der Waals surface area (Å²) in [4.78, 5) is 28.0. The zero-order valence-corrected chi connectivity index (χ0v) is 16.0. The van der Waals surface area contributed by atoms with E-state index in [0.29, 0.717) is 13.1 Å². The minimum atomic E-state index is -3.54. The molecule has 0 radical (unpaired) electrons. The van der Waals surface area contributed by atoms with E-state index in [0.717, 1.165) is 24.8 Å². The van der Waals surface area contributed by atoms with E-state index in [9.17, 15) is 18.0 Å². The maximum Gasteiger partial charge on any atom is 0.327 e. The van der Waals surface area contributed by atoms with Gasteiger partial charge in [0.1, 0.15) is 6.04 Å². The van der Waals surface area contributed by atoms with Gasteiger partial charge in [-0.15, -0.1) is 0 Å². The van der Waals surface area contributed by atoms with Gasteiger partial charge in [0.15, 0.2) is 0 Å². The number of hydrogen-bond acceptors (Lipinski definition) is 4. The number of nitrogens with zero attached hydrogens (tertiary/aromatic N) is 2. The molecule has 1 unspecified atom stereocenters. The van der Waals surface area contributed by atoms with Crippen LogP contribution < -0.4 is 4.72 Å². The summed E-state index contributed by atoms with van der Waals surface area (Å²) in [6.07, 6.45) is 2.61. The summed E-state index contributed by atoms with van der Waals surface area (Å²) in [5, 5.41) is 0. The summed E-state index contributed by atoms with van der Waals surface area (Å²) in [6.45, 7) is 5.04. The third kappa shape index (κ3) is 3.76. The van der Waals surface area contributed by atoms with Gasteiger partial charge in [-0.3, -0.25) is 9.69 Å². The Morgan fingerprint density at radius 2 is 1.85 bits per heavy atom. The lowest BCUT2D eigenvalue weighted by Gasteiger charge is -2.26. The number of fused-ring (bicyclic) bond motifs is 1. The van der Waals surface area contributed by atoms with Crippen molar-refractivity contribution in [3.8, 4) is 0 Å². The van der Waals surface area contributed by atoms with Crippen molar-refractivity contribution in [1.29, 1.82) is 0 Å². The molecule has 3 amide bonds. The van der Waals surface area contributed by atoms with Crippen LogP contribution in [0, 0.1) is 5.92 Å². The van der Waals surface area contributed by atoms with Gasteiger partial charge in [0.2, 0.25) is 10.0 Å². The number of urea groups is 1. The molecule has 0 saturated carbocycles. The molecular weight excluding hydrogens is 354 g/mol. The van der Waals surface area contributed by atoms with Crippen molar-refractivity contribution >= 4 is 22.0 Å². The first-order chi connectivity index (χ1) is 12.3. The summed E-state index contributed by atoms with van der Waals surface area (Å²) in [7, 11) is -3.54. The molecule has 2 fully saturated rings. The van der Waals surface area contributed by atoms with Crippen LogP contribution in [-0.2, 0) is 21.4 Å². The van der Waals surface area contributed by atoms with Gasteiger partial charge in [0, 0.05) is 13.1 Å². The van der Waals surface area contributed by atoms with Gasteiger partial charge >= 0.3 is 6.03 Å². The Labute approximate surface area is 154 Å². The first kappa shape index (κ1) is 18.8. The number of carbonyl (C=O) groups is 2. The highest BCUT2D eigenvalue weighted by Crippen LogP contribution is 2.27. The third-order valence-corrected chi connectivity index (χ3v) is 6.23. The Kier molecular flexibility index (Phi) is 5.34. The average Bonchev–Trinajstić information content (AvgIpc) is 2.86. The molecule has 142 valence electrons. The number of sulfonamides is 1. The smallest absolute Gasteiger partial charge is 0.312 e. The second kappa shape index (κ2) is 7.36. The third-order valence-electron chi connectivity index (χ3n) is 4.79. The Bertz CT molecular complexity index is 765. The lowest BCUT2D eigenvalue weighted by Crippen LogP contribution is -2.38. The molecule has 26 heavy (non-hydrogen) atoms. The quantitative estimate of drug-likeness (QED) is 0.765.